The molecule has 0 aliphatic rings. The topological polar surface area (TPSA) is 80.9 Å². The van der Waals surface area contributed by atoms with Gasteiger partial charge in [0.2, 0.25) is 11.9 Å². The van der Waals surface area contributed by atoms with E-state index in [4.69, 9.17) is 17.3 Å². The fourth-order valence-electron chi connectivity index (χ4n) is 2.20. The molecule has 0 saturated carbocycles. The lowest BCUT2D eigenvalue weighted by Crippen LogP contribution is -2.12. The van der Waals surface area contributed by atoms with Gasteiger partial charge in [-0.05, 0) is 12.1 Å². The third-order valence-corrected chi connectivity index (χ3v) is 4.50. The van der Waals surface area contributed by atoms with Crippen LogP contribution in [0.1, 0.15) is 4.88 Å². The maximum absolute atomic E-state index is 11.1. The maximum Gasteiger partial charge on any atom is 0.224 e. The van der Waals surface area contributed by atoms with Gasteiger partial charge in [-0.2, -0.15) is 0 Å². The molecule has 5 nitrogen and oxygen atoms in total. The molecule has 7 heteroatoms. The number of amides is 1. The molecule has 3 aromatic rings. The molecule has 0 unspecified atom stereocenters. The number of nitrogens with zero attached hydrogens (tertiary/aromatic N) is 2. The van der Waals surface area contributed by atoms with E-state index in [1.165, 1.54) is 11.3 Å². The lowest BCUT2D eigenvalue weighted by molar-refractivity contribution is -0.117. The van der Waals surface area contributed by atoms with Crippen molar-refractivity contribution in [3.05, 3.63) is 40.2 Å². The lowest BCUT2D eigenvalue weighted by atomic mass is 10.1. The van der Waals surface area contributed by atoms with E-state index in [2.05, 4.69) is 15.3 Å². The van der Waals surface area contributed by atoms with Crippen LogP contribution in [0.15, 0.2) is 30.3 Å². The first-order chi connectivity index (χ1) is 10.6. The average Bonchev–Trinajstić information content (AvgIpc) is 2.88. The zero-order valence-corrected chi connectivity index (χ0v) is 13.3. The number of nitrogens with two attached hydrogens (primary N) is 1. The molecule has 0 aliphatic heterocycles. The molecule has 0 radical (unpaired) electrons. The van der Waals surface area contributed by atoms with Crippen LogP contribution in [0.4, 0.5) is 5.95 Å². The third-order valence-electron chi connectivity index (χ3n) is 3.14. The maximum atomic E-state index is 11.1. The Morgan fingerprint density at radius 2 is 2.14 bits per heavy atom. The van der Waals surface area contributed by atoms with Crippen LogP contribution in [0.5, 0.6) is 0 Å². The van der Waals surface area contributed by atoms with Crippen molar-refractivity contribution in [2.75, 3.05) is 12.4 Å². The standard InChI is InChI=1S/C15H13ClN4OS/c1-18-15-19-13(9-4-2-3-5-11(9)16)10-6-8(7-12(17)21)22-14(10)20-15/h2-6H,7H2,1H3,(H2,17,21)(H,18,19,20). The summed E-state index contributed by atoms with van der Waals surface area (Å²) in [6.45, 7) is 0. The Balaban J connectivity index is 2.25. The highest BCUT2D eigenvalue weighted by Gasteiger charge is 2.15. The molecule has 0 aliphatic carbocycles. The summed E-state index contributed by atoms with van der Waals surface area (Å²) in [4.78, 5) is 21.8. The fraction of sp³-hybridized carbons (Fsp3) is 0.133. The van der Waals surface area contributed by atoms with Crippen LogP contribution >= 0.6 is 22.9 Å². The van der Waals surface area contributed by atoms with Gasteiger partial charge in [0.25, 0.3) is 0 Å². The van der Waals surface area contributed by atoms with Gasteiger partial charge >= 0.3 is 0 Å². The van der Waals surface area contributed by atoms with Crippen molar-refractivity contribution in [1.82, 2.24) is 9.97 Å². The Labute approximate surface area is 136 Å². The molecule has 3 rings (SSSR count). The number of benzene rings is 1. The number of hydrogen-bond acceptors (Lipinski definition) is 5. The van der Waals surface area contributed by atoms with Gasteiger partial charge in [-0.15, -0.1) is 11.3 Å². The van der Waals surface area contributed by atoms with E-state index in [-0.39, 0.29) is 12.3 Å². The van der Waals surface area contributed by atoms with Gasteiger partial charge in [0.15, 0.2) is 0 Å². The van der Waals surface area contributed by atoms with Crippen LogP contribution in [0.25, 0.3) is 21.5 Å². The normalized spacial score (nSPS) is 10.8. The Morgan fingerprint density at radius 3 is 2.82 bits per heavy atom. The molecule has 0 atom stereocenters. The number of carbonyl (C=O) groups is 1. The SMILES string of the molecule is CNc1nc(-c2ccccc2Cl)c2cc(CC(N)=O)sc2n1. The van der Waals surface area contributed by atoms with Gasteiger partial charge in [-0.1, -0.05) is 29.8 Å². The first-order valence-corrected chi connectivity index (χ1v) is 7.79. The lowest BCUT2D eigenvalue weighted by Gasteiger charge is -2.07. The van der Waals surface area contributed by atoms with Crippen LogP contribution in [-0.4, -0.2) is 22.9 Å². The van der Waals surface area contributed by atoms with Crippen molar-refractivity contribution in [2.45, 2.75) is 6.42 Å². The van der Waals surface area contributed by atoms with Crippen molar-refractivity contribution in [1.29, 1.82) is 0 Å². The summed E-state index contributed by atoms with van der Waals surface area (Å²) >= 11 is 7.73. The fourth-order valence-corrected chi connectivity index (χ4v) is 3.46. The minimum atomic E-state index is -0.368. The highest BCUT2D eigenvalue weighted by molar-refractivity contribution is 7.18. The Hall–Kier alpha value is -2.18. The van der Waals surface area contributed by atoms with Crippen molar-refractivity contribution < 1.29 is 4.79 Å². The smallest absolute Gasteiger partial charge is 0.224 e. The average molecular weight is 333 g/mol. The Bertz CT molecular complexity index is 862. The number of rotatable bonds is 4. The molecular weight excluding hydrogens is 320 g/mol. The highest BCUT2D eigenvalue weighted by atomic mass is 35.5. The number of aromatic nitrogens is 2. The summed E-state index contributed by atoms with van der Waals surface area (Å²) in [6.07, 6.45) is 0.192. The van der Waals surface area contributed by atoms with E-state index < -0.39 is 0 Å². The number of fused-ring (bicyclic) bond motifs is 1. The van der Waals surface area contributed by atoms with E-state index in [0.29, 0.717) is 11.0 Å². The third kappa shape index (κ3) is 2.75. The van der Waals surface area contributed by atoms with E-state index in [0.717, 1.165) is 26.4 Å². The predicted octanol–water partition coefficient (Wildman–Crippen LogP) is 3.08. The summed E-state index contributed by atoms with van der Waals surface area (Å²) in [5.74, 6) is 0.141. The Morgan fingerprint density at radius 1 is 1.36 bits per heavy atom. The van der Waals surface area contributed by atoms with Gasteiger partial charge in [0.05, 0.1) is 12.1 Å². The molecule has 0 fully saturated rings. The minimum absolute atomic E-state index is 0.192. The van der Waals surface area contributed by atoms with Crippen molar-refractivity contribution in [2.24, 2.45) is 5.73 Å². The number of nitrogens with one attached hydrogen (secondary N) is 1. The van der Waals surface area contributed by atoms with Crippen LogP contribution in [0, 0.1) is 0 Å². The van der Waals surface area contributed by atoms with E-state index in [1.807, 2.05) is 30.3 Å². The monoisotopic (exact) mass is 332 g/mol. The highest BCUT2D eigenvalue weighted by Crippen LogP contribution is 2.35. The van der Waals surface area contributed by atoms with Crippen molar-refractivity contribution >= 4 is 45.0 Å². The zero-order chi connectivity index (χ0) is 15.7. The summed E-state index contributed by atoms with van der Waals surface area (Å²) in [7, 11) is 1.76. The molecule has 1 amide bonds. The summed E-state index contributed by atoms with van der Waals surface area (Å²) in [6, 6.07) is 9.42. The van der Waals surface area contributed by atoms with Gasteiger partial charge in [-0.25, -0.2) is 9.97 Å². The van der Waals surface area contributed by atoms with Crippen LogP contribution < -0.4 is 11.1 Å². The predicted molar refractivity (Wildman–Crippen MR) is 90.3 cm³/mol. The molecule has 0 bridgehead atoms. The molecule has 1 aromatic carbocycles. The van der Waals surface area contributed by atoms with Crippen LogP contribution in [-0.2, 0) is 11.2 Å². The van der Waals surface area contributed by atoms with Gasteiger partial charge in [0, 0.05) is 27.9 Å². The van der Waals surface area contributed by atoms with E-state index in [9.17, 15) is 4.79 Å². The Kier molecular flexibility index (Phi) is 3.96. The largest absolute Gasteiger partial charge is 0.369 e. The van der Waals surface area contributed by atoms with E-state index in [1.54, 1.807) is 7.05 Å². The molecule has 2 aromatic heterocycles. The van der Waals surface area contributed by atoms with Crippen LogP contribution in [0.2, 0.25) is 5.02 Å². The second-order valence-electron chi connectivity index (χ2n) is 4.70. The number of thiophene rings is 1. The number of anilines is 1. The summed E-state index contributed by atoms with van der Waals surface area (Å²) in [5, 5.41) is 4.44. The molecular formula is C15H13ClN4OS. The zero-order valence-electron chi connectivity index (χ0n) is 11.8. The molecule has 0 spiro atoms. The quantitative estimate of drug-likeness (QED) is 0.769. The minimum Gasteiger partial charge on any atom is -0.369 e. The van der Waals surface area contributed by atoms with Gasteiger partial charge < -0.3 is 11.1 Å². The molecule has 112 valence electrons. The van der Waals surface area contributed by atoms with Crippen molar-refractivity contribution in [3.8, 4) is 11.3 Å². The van der Waals surface area contributed by atoms with Crippen molar-refractivity contribution in [3.63, 3.8) is 0 Å². The van der Waals surface area contributed by atoms with Crippen LogP contribution in [0.3, 0.4) is 0 Å². The summed E-state index contributed by atoms with van der Waals surface area (Å²) in [5.41, 5.74) is 6.85. The number of halogens is 1. The summed E-state index contributed by atoms with van der Waals surface area (Å²) < 4.78 is 0. The first kappa shape index (κ1) is 14.7. The first-order valence-electron chi connectivity index (χ1n) is 6.60. The number of carbonyl (C=O) groups excluding carboxylic acids is 1. The van der Waals surface area contributed by atoms with Gasteiger partial charge in [0.1, 0.15) is 4.83 Å². The molecule has 22 heavy (non-hydrogen) atoms. The molecule has 2 heterocycles. The molecule has 3 N–H and O–H groups in total. The molecule has 0 saturated heterocycles. The van der Waals surface area contributed by atoms with E-state index >= 15 is 0 Å². The second kappa shape index (κ2) is 5.90. The number of hydrogen-bond donors (Lipinski definition) is 2. The second-order valence-corrected chi connectivity index (χ2v) is 6.22. The van der Waals surface area contributed by atoms with Gasteiger partial charge in [-0.3, -0.25) is 4.79 Å². The number of primary amides is 1.